The maximum atomic E-state index is 11.9. The summed E-state index contributed by atoms with van der Waals surface area (Å²) in [6.07, 6.45) is -5.94. The first kappa shape index (κ1) is 17.4. The minimum absolute atomic E-state index is 0.0213. The molecule has 0 aliphatic carbocycles. The molecule has 0 bridgehead atoms. The van der Waals surface area contributed by atoms with Gasteiger partial charge in [-0.3, -0.25) is 5.41 Å². The highest BCUT2D eigenvalue weighted by Crippen LogP contribution is 2.21. The minimum Gasteiger partial charge on any atom is -0.384 e. The third-order valence-corrected chi connectivity index (χ3v) is 4.04. The minimum atomic E-state index is -4.35. The van der Waals surface area contributed by atoms with Crippen LogP contribution in [0.4, 0.5) is 13.2 Å². The van der Waals surface area contributed by atoms with Crippen LogP contribution in [0.15, 0.2) is 24.3 Å². The van der Waals surface area contributed by atoms with Gasteiger partial charge in [0, 0.05) is 18.5 Å². The Bertz CT molecular complexity index is 583. The van der Waals surface area contributed by atoms with Gasteiger partial charge in [0.25, 0.3) is 0 Å². The molecule has 118 valence electrons. The fourth-order valence-corrected chi connectivity index (χ4v) is 2.59. The van der Waals surface area contributed by atoms with Crippen LogP contribution < -0.4 is 10.5 Å². The van der Waals surface area contributed by atoms with Gasteiger partial charge in [0.2, 0.25) is 10.0 Å². The average molecular weight is 323 g/mol. The van der Waals surface area contributed by atoms with Gasteiger partial charge in [0.1, 0.15) is 5.84 Å². The van der Waals surface area contributed by atoms with Crippen molar-refractivity contribution < 1.29 is 21.6 Å². The lowest BCUT2D eigenvalue weighted by molar-refractivity contribution is -0.134. The Kier molecular flexibility index (Phi) is 5.73. The molecule has 1 rings (SSSR count). The molecule has 0 heterocycles. The molecule has 0 spiro atoms. The molecule has 0 radical (unpaired) electrons. The number of benzene rings is 1. The normalized spacial score (nSPS) is 12.3. The summed E-state index contributed by atoms with van der Waals surface area (Å²) in [6, 6.07) is 6.31. The van der Waals surface area contributed by atoms with E-state index in [4.69, 9.17) is 11.1 Å². The highest BCUT2D eigenvalue weighted by atomic mass is 32.2. The Balaban J connectivity index is 2.47. The standard InChI is InChI=1S/C12H16F3N3O2S/c13-12(14,15)6-1-7-21(19,20)18-8-9-2-4-10(5-3-9)11(16)17/h2-5,18H,1,6-8H2,(H3,16,17). The number of nitrogens with two attached hydrogens (primary N) is 1. The number of hydrogen-bond donors (Lipinski definition) is 3. The molecule has 1 aromatic rings. The van der Waals surface area contributed by atoms with Crippen LogP contribution in [0.5, 0.6) is 0 Å². The van der Waals surface area contributed by atoms with Gasteiger partial charge < -0.3 is 5.73 Å². The Morgan fingerprint density at radius 3 is 2.29 bits per heavy atom. The molecule has 21 heavy (non-hydrogen) atoms. The number of halogens is 3. The van der Waals surface area contributed by atoms with E-state index in [1.165, 1.54) is 0 Å². The topological polar surface area (TPSA) is 96.0 Å². The van der Waals surface area contributed by atoms with Crippen LogP contribution in [0.1, 0.15) is 24.0 Å². The first-order valence-corrected chi connectivity index (χ1v) is 7.72. The monoisotopic (exact) mass is 323 g/mol. The summed E-state index contributed by atoms with van der Waals surface area (Å²) >= 11 is 0. The summed E-state index contributed by atoms with van der Waals surface area (Å²) < 4.78 is 61.1. The van der Waals surface area contributed by atoms with Gasteiger partial charge in [-0.15, -0.1) is 0 Å². The largest absolute Gasteiger partial charge is 0.389 e. The van der Waals surface area contributed by atoms with Crippen molar-refractivity contribution in [2.45, 2.75) is 25.6 Å². The van der Waals surface area contributed by atoms with Crippen LogP contribution in [0, 0.1) is 5.41 Å². The average Bonchev–Trinajstić information content (AvgIpc) is 2.35. The first-order valence-electron chi connectivity index (χ1n) is 6.06. The maximum absolute atomic E-state index is 11.9. The number of rotatable bonds is 7. The molecule has 0 saturated heterocycles. The van der Waals surface area contributed by atoms with E-state index < -0.39 is 34.8 Å². The van der Waals surface area contributed by atoms with Crippen molar-refractivity contribution in [3.8, 4) is 0 Å². The van der Waals surface area contributed by atoms with E-state index in [0.29, 0.717) is 11.1 Å². The molecule has 0 unspecified atom stereocenters. The van der Waals surface area contributed by atoms with Crippen LogP contribution >= 0.6 is 0 Å². The summed E-state index contributed by atoms with van der Waals surface area (Å²) in [4.78, 5) is 0. The molecule has 0 aliphatic rings. The van der Waals surface area contributed by atoms with Crippen molar-refractivity contribution in [3.63, 3.8) is 0 Å². The summed E-state index contributed by atoms with van der Waals surface area (Å²) in [6.45, 7) is -0.0213. The molecule has 0 amide bonds. The Morgan fingerprint density at radius 1 is 1.24 bits per heavy atom. The number of sulfonamides is 1. The van der Waals surface area contributed by atoms with E-state index in [1.807, 2.05) is 0 Å². The summed E-state index contributed by atoms with van der Waals surface area (Å²) in [5.74, 6) is -0.674. The molecule has 0 saturated carbocycles. The zero-order chi connectivity index (χ0) is 16.1. The second-order valence-corrected chi connectivity index (χ2v) is 6.40. The lowest BCUT2D eigenvalue weighted by Gasteiger charge is -2.08. The molecule has 0 aromatic heterocycles. The van der Waals surface area contributed by atoms with Crippen LogP contribution in [0.3, 0.4) is 0 Å². The van der Waals surface area contributed by atoms with Gasteiger partial charge in [0.05, 0.1) is 5.75 Å². The molecule has 0 atom stereocenters. The third-order valence-electron chi connectivity index (χ3n) is 2.63. The number of alkyl halides is 3. The molecule has 0 aliphatic heterocycles. The van der Waals surface area contributed by atoms with Gasteiger partial charge in [0.15, 0.2) is 0 Å². The molecule has 0 fully saturated rings. The third kappa shape index (κ3) is 7.09. The van der Waals surface area contributed by atoms with Gasteiger partial charge >= 0.3 is 6.18 Å². The highest BCUT2D eigenvalue weighted by Gasteiger charge is 2.27. The fourth-order valence-electron chi connectivity index (χ4n) is 1.53. The van der Waals surface area contributed by atoms with Gasteiger partial charge in [-0.25, -0.2) is 13.1 Å². The van der Waals surface area contributed by atoms with E-state index in [1.54, 1.807) is 24.3 Å². The van der Waals surface area contributed by atoms with Crippen molar-refractivity contribution in [1.82, 2.24) is 4.72 Å². The second-order valence-electron chi connectivity index (χ2n) is 4.47. The van der Waals surface area contributed by atoms with E-state index >= 15 is 0 Å². The Hall–Kier alpha value is -1.61. The van der Waals surface area contributed by atoms with Crippen LogP contribution in [0.2, 0.25) is 0 Å². The van der Waals surface area contributed by atoms with E-state index in [0.717, 1.165) is 0 Å². The molecule has 1 aromatic carbocycles. The van der Waals surface area contributed by atoms with Crippen LogP contribution in [0.25, 0.3) is 0 Å². The van der Waals surface area contributed by atoms with Crippen LogP contribution in [-0.4, -0.2) is 26.2 Å². The van der Waals surface area contributed by atoms with Crippen molar-refractivity contribution in [2.75, 3.05) is 5.75 Å². The van der Waals surface area contributed by atoms with E-state index in [9.17, 15) is 21.6 Å². The highest BCUT2D eigenvalue weighted by molar-refractivity contribution is 7.89. The van der Waals surface area contributed by atoms with Crippen molar-refractivity contribution in [1.29, 1.82) is 5.41 Å². The molecule has 9 heteroatoms. The van der Waals surface area contributed by atoms with Gasteiger partial charge in [-0.2, -0.15) is 13.2 Å². The van der Waals surface area contributed by atoms with Crippen molar-refractivity contribution in [3.05, 3.63) is 35.4 Å². The predicted molar refractivity (Wildman–Crippen MR) is 73.4 cm³/mol. The maximum Gasteiger partial charge on any atom is 0.389 e. The fraction of sp³-hybridized carbons (Fsp3) is 0.417. The Labute approximate surface area is 120 Å². The summed E-state index contributed by atoms with van der Waals surface area (Å²) in [5, 5.41) is 7.21. The quantitative estimate of drug-likeness (QED) is 0.527. The number of amidine groups is 1. The molecule has 5 nitrogen and oxygen atoms in total. The summed E-state index contributed by atoms with van der Waals surface area (Å²) in [7, 11) is -3.75. The number of hydrogen-bond acceptors (Lipinski definition) is 3. The van der Waals surface area contributed by atoms with E-state index in [-0.39, 0.29) is 12.4 Å². The van der Waals surface area contributed by atoms with E-state index in [2.05, 4.69) is 4.72 Å². The smallest absolute Gasteiger partial charge is 0.384 e. The van der Waals surface area contributed by atoms with Crippen LogP contribution in [-0.2, 0) is 16.6 Å². The zero-order valence-electron chi connectivity index (χ0n) is 11.1. The summed E-state index contributed by atoms with van der Waals surface area (Å²) in [5.41, 5.74) is 6.41. The molecule has 4 N–H and O–H groups in total. The lowest BCUT2D eigenvalue weighted by atomic mass is 10.1. The second kappa shape index (κ2) is 6.90. The number of nitrogens with one attached hydrogen (secondary N) is 2. The lowest BCUT2D eigenvalue weighted by Crippen LogP contribution is -2.26. The molecular formula is C12H16F3N3O2S. The van der Waals surface area contributed by atoms with Gasteiger partial charge in [-0.05, 0) is 12.0 Å². The first-order chi connectivity index (χ1) is 9.59. The van der Waals surface area contributed by atoms with Crippen molar-refractivity contribution in [2.24, 2.45) is 5.73 Å². The predicted octanol–water partition coefficient (Wildman–Crippen LogP) is 1.73. The number of nitrogen functional groups attached to an aromatic ring is 1. The SMILES string of the molecule is N=C(N)c1ccc(CNS(=O)(=O)CCCC(F)(F)F)cc1. The van der Waals surface area contributed by atoms with Crippen molar-refractivity contribution >= 4 is 15.9 Å². The zero-order valence-corrected chi connectivity index (χ0v) is 11.9. The van der Waals surface area contributed by atoms with Gasteiger partial charge in [-0.1, -0.05) is 24.3 Å². The Morgan fingerprint density at radius 2 is 1.81 bits per heavy atom. The molecular weight excluding hydrogens is 307 g/mol.